The first-order valence-electron chi connectivity index (χ1n) is 8.37. The van der Waals surface area contributed by atoms with Gasteiger partial charge in [-0.1, -0.05) is 49.6 Å². The second-order valence-corrected chi connectivity index (χ2v) is 6.86. The Bertz CT molecular complexity index is 629. The Balaban J connectivity index is 1.48. The fourth-order valence-corrected chi connectivity index (χ4v) is 3.79. The highest BCUT2D eigenvalue weighted by atomic mass is 32.1. The summed E-state index contributed by atoms with van der Waals surface area (Å²) in [5, 5.41) is 6.53. The van der Waals surface area contributed by atoms with E-state index in [4.69, 9.17) is 5.73 Å². The van der Waals surface area contributed by atoms with Crippen molar-refractivity contribution in [1.82, 2.24) is 10.3 Å². The zero-order valence-corrected chi connectivity index (χ0v) is 14.2. The van der Waals surface area contributed by atoms with Gasteiger partial charge in [-0.2, -0.15) is 0 Å². The molecule has 0 radical (unpaired) electrons. The average Bonchev–Trinajstić information content (AvgIpc) is 3.05. The van der Waals surface area contributed by atoms with E-state index in [0.29, 0.717) is 18.5 Å². The van der Waals surface area contributed by atoms with Crippen LogP contribution in [0.25, 0.3) is 10.6 Å². The van der Waals surface area contributed by atoms with Crippen molar-refractivity contribution in [1.29, 1.82) is 0 Å². The number of guanidine groups is 1. The van der Waals surface area contributed by atoms with E-state index in [-0.39, 0.29) is 0 Å². The summed E-state index contributed by atoms with van der Waals surface area (Å²) >= 11 is 1.68. The maximum Gasteiger partial charge on any atom is 0.188 e. The van der Waals surface area contributed by atoms with E-state index < -0.39 is 0 Å². The number of nitrogens with zero attached hydrogens (tertiary/aromatic N) is 2. The zero-order valence-electron chi connectivity index (χ0n) is 13.4. The van der Waals surface area contributed by atoms with Crippen molar-refractivity contribution < 1.29 is 0 Å². The molecule has 0 spiro atoms. The normalized spacial score (nSPS) is 16.4. The van der Waals surface area contributed by atoms with Crippen LogP contribution in [0.15, 0.2) is 40.7 Å². The van der Waals surface area contributed by atoms with Crippen molar-refractivity contribution >= 4 is 17.3 Å². The quantitative estimate of drug-likeness (QED) is 0.651. The minimum atomic E-state index is 0.511. The van der Waals surface area contributed by atoms with Crippen molar-refractivity contribution in [2.45, 2.75) is 44.6 Å². The molecule has 4 nitrogen and oxygen atoms in total. The van der Waals surface area contributed by atoms with Gasteiger partial charge in [0, 0.05) is 30.0 Å². The molecule has 1 saturated carbocycles. The molecule has 1 heterocycles. The first kappa shape index (κ1) is 16.0. The Morgan fingerprint density at radius 2 is 2.00 bits per heavy atom. The highest BCUT2D eigenvalue weighted by Gasteiger charge is 2.13. The maximum atomic E-state index is 5.99. The summed E-state index contributed by atoms with van der Waals surface area (Å²) in [7, 11) is 0. The van der Waals surface area contributed by atoms with Crippen LogP contribution >= 0.6 is 11.3 Å². The Kier molecular flexibility index (Phi) is 5.64. The van der Waals surface area contributed by atoms with Crippen molar-refractivity contribution in [3.8, 4) is 10.6 Å². The summed E-state index contributed by atoms with van der Waals surface area (Å²) < 4.78 is 0. The molecule has 23 heavy (non-hydrogen) atoms. The molecule has 3 N–H and O–H groups in total. The van der Waals surface area contributed by atoms with Crippen molar-refractivity contribution in [2.75, 3.05) is 6.54 Å². The summed E-state index contributed by atoms with van der Waals surface area (Å²) in [5.41, 5.74) is 8.24. The predicted molar refractivity (Wildman–Crippen MR) is 97.8 cm³/mol. The number of thiazole rings is 1. The summed E-state index contributed by atoms with van der Waals surface area (Å²) in [6.45, 7) is 0.684. The SMILES string of the molecule is NC(=NCCc1csc(-c2ccccc2)n1)NC1CCCCC1. The number of hydrogen-bond acceptors (Lipinski definition) is 3. The number of aromatic nitrogens is 1. The van der Waals surface area contributed by atoms with Gasteiger partial charge in [0.05, 0.1) is 5.69 Å². The van der Waals surface area contributed by atoms with Crippen LogP contribution in [0, 0.1) is 0 Å². The van der Waals surface area contributed by atoms with Crippen molar-refractivity contribution in [3.63, 3.8) is 0 Å². The molecule has 0 amide bonds. The number of nitrogens with one attached hydrogen (secondary N) is 1. The highest BCUT2D eigenvalue weighted by Crippen LogP contribution is 2.23. The Morgan fingerprint density at radius 1 is 1.22 bits per heavy atom. The highest BCUT2D eigenvalue weighted by molar-refractivity contribution is 7.13. The van der Waals surface area contributed by atoms with Crippen LogP contribution in [0.4, 0.5) is 0 Å². The molecule has 1 aliphatic rings. The average molecular weight is 328 g/mol. The molecule has 0 atom stereocenters. The van der Waals surface area contributed by atoms with Gasteiger partial charge in [0.2, 0.25) is 0 Å². The lowest BCUT2D eigenvalue weighted by Gasteiger charge is -2.23. The van der Waals surface area contributed by atoms with E-state index >= 15 is 0 Å². The minimum absolute atomic E-state index is 0.511. The van der Waals surface area contributed by atoms with Gasteiger partial charge in [-0.15, -0.1) is 11.3 Å². The lowest BCUT2D eigenvalue weighted by molar-refractivity contribution is 0.412. The first-order valence-corrected chi connectivity index (χ1v) is 9.25. The molecule has 1 aromatic heterocycles. The number of rotatable bonds is 5. The van der Waals surface area contributed by atoms with E-state index in [1.165, 1.54) is 37.7 Å². The first-order chi connectivity index (χ1) is 11.3. The lowest BCUT2D eigenvalue weighted by Crippen LogP contribution is -2.41. The molecule has 1 aromatic carbocycles. The summed E-state index contributed by atoms with van der Waals surface area (Å²) in [5.74, 6) is 0.579. The number of benzene rings is 1. The largest absolute Gasteiger partial charge is 0.370 e. The Morgan fingerprint density at radius 3 is 2.78 bits per heavy atom. The molecule has 0 unspecified atom stereocenters. The smallest absolute Gasteiger partial charge is 0.188 e. The van der Waals surface area contributed by atoms with Crippen LogP contribution in [0.5, 0.6) is 0 Å². The van der Waals surface area contributed by atoms with Gasteiger partial charge >= 0.3 is 0 Å². The molecule has 1 fully saturated rings. The van der Waals surface area contributed by atoms with Crippen LogP contribution in [0.1, 0.15) is 37.8 Å². The number of hydrogen-bond donors (Lipinski definition) is 2. The van der Waals surface area contributed by atoms with E-state index in [1.54, 1.807) is 11.3 Å². The fraction of sp³-hybridized carbons (Fsp3) is 0.444. The van der Waals surface area contributed by atoms with Gasteiger partial charge in [0.15, 0.2) is 5.96 Å². The van der Waals surface area contributed by atoms with E-state index in [1.807, 2.05) is 18.2 Å². The summed E-state index contributed by atoms with van der Waals surface area (Å²) in [6, 6.07) is 10.8. The summed E-state index contributed by atoms with van der Waals surface area (Å²) in [4.78, 5) is 9.12. The van der Waals surface area contributed by atoms with Gasteiger partial charge in [-0.3, -0.25) is 4.99 Å². The van der Waals surface area contributed by atoms with Gasteiger partial charge in [0.1, 0.15) is 5.01 Å². The maximum absolute atomic E-state index is 5.99. The van der Waals surface area contributed by atoms with Gasteiger partial charge in [0.25, 0.3) is 0 Å². The Labute approximate surface area is 141 Å². The molecule has 5 heteroatoms. The molecular weight excluding hydrogens is 304 g/mol. The molecule has 1 aliphatic carbocycles. The Hall–Kier alpha value is -1.88. The fourth-order valence-electron chi connectivity index (χ4n) is 2.93. The minimum Gasteiger partial charge on any atom is -0.370 e. The number of aliphatic imine (C=N–C) groups is 1. The summed E-state index contributed by atoms with van der Waals surface area (Å²) in [6.07, 6.45) is 7.20. The van der Waals surface area contributed by atoms with Gasteiger partial charge < -0.3 is 11.1 Å². The lowest BCUT2D eigenvalue weighted by atomic mass is 9.96. The third kappa shape index (κ3) is 4.79. The van der Waals surface area contributed by atoms with Crippen LogP contribution in [0.3, 0.4) is 0 Å². The van der Waals surface area contributed by atoms with Crippen molar-refractivity contribution in [2.24, 2.45) is 10.7 Å². The topological polar surface area (TPSA) is 63.3 Å². The third-order valence-corrected chi connectivity index (χ3v) is 5.12. The molecule has 0 saturated heterocycles. The van der Waals surface area contributed by atoms with Crippen molar-refractivity contribution in [3.05, 3.63) is 41.4 Å². The molecule has 2 aromatic rings. The molecule has 3 rings (SSSR count). The standard InChI is InChI=1S/C18H24N4S/c19-18(22-15-9-5-2-6-10-15)20-12-11-16-13-23-17(21-16)14-7-3-1-4-8-14/h1,3-4,7-8,13,15H,2,5-6,9-12H2,(H3,19,20,22). The molecule has 0 bridgehead atoms. The molecule has 122 valence electrons. The molecular formula is C18H24N4S. The predicted octanol–water partition coefficient (Wildman–Crippen LogP) is 3.59. The van der Waals surface area contributed by atoms with Crippen LogP contribution < -0.4 is 11.1 Å². The second kappa shape index (κ2) is 8.11. The number of nitrogens with two attached hydrogens (primary N) is 1. The van der Waals surface area contributed by atoms with Crippen LogP contribution in [-0.4, -0.2) is 23.5 Å². The monoisotopic (exact) mass is 328 g/mol. The molecule has 0 aliphatic heterocycles. The van der Waals surface area contributed by atoms with E-state index in [2.05, 4.69) is 32.8 Å². The zero-order chi connectivity index (χ0) is 15.9. The van der Waals surface area contributed by atoms with Gasteiger partial charge in [-0.05, 0) is 12.8 Å². The van der Waals surface area contributed by atoms with E-state index in [0.717, 1.165) is 17.1 Å². The van der Waals surface area contributed by atoms with Crippen LogP contribution in [0.2, 0.25) is 0 Å². The van der Waals surface area contributed by atoms with Gasteiger partial charge in [-0.25, -0.2) is 4.98 Å². The second-order valence-electron chi connectivity index (χ2n) is 6.01. The van der Waals surface area contributed by atoms with Crippen LogP contribution in [-0.2, 0) is 6.42 Å². The van der Waals surface area contributed by atoms with E-state index in [9.17, 15) is 0 Å². The third-order valence-electron chi connectivity index (χ3n) is 4.18.